The zero-order valence-electron chi connectivity index (χ0n) is 13.8. The van der Waals surface area contributed by atoms with E-state index in [1.54, 1.807) is 0 Å². The average molecular weight is 342 g/mol. The molecule has 0 saturated carbocycles. The van der Waals surface area contributed by atoms with Gasteiger partial charge in [-0.25, -0.2) is 0 Å². The van der Waals surface area contributed by atoms with Gasteiger partial charge in [0.2, 0.25) is 5.76 Å². The minimum absolute atomic E-state index is 0.0715. The highest BCUT2D eigenvalue weighted by molar-refractivity contribution is 5.91. The average Bonchev–Trinajstić information content (AvgIpc) is 3.09. The van der Waals surface area contributed by atoms with E-state index >= 15 is 0 Å². The van der Waals surface area contributed by atoms with Gasteiger partial charge in [0, 0.05) is 18.6 Å². The molecule has 0 spiro atoms. The van der Waals surface area contributed by atoms with Gasteiger partial charge < -0.3 is 15.1 Å². The van der Waals surface area contributed by atoms with Crippen LogP contribution >= 0.6 is 0 Å². The summed E-state index contributed by atoms with van der Waals surface area (Å²) in [5.41, 5.74) is 1.35. The summed E-state index contributed by atoms with van der Waals surface area (Å²) >= 11 is 0. The molecule has 132 valence electrons. The molecule has 2 heterocycles. The third-order valence-corrected chi connectivity index (χ3v) is 4.60. The van der Waals surface area contributed by atoms with Gasteiger partial charge in [0.25, 0.3) is 5.91 Å². The monoisotopic (exact) mass is 342 g/mol. The summed E-state index contributed by atoms with van der Waals surface area (Å²) in [5.74, 6) is -1.73. The highest BCUT2D eigenvalue weighted by Gasteiger charge is 2.42. The summed E-state index contributed by atoms with van der Waals surface area (Å²) in [7, 11) is 0. The van der Waals surface area contributed by atoms with Crippen LogP contribution in [0.1, 0.15) is 43.5 Å². The molecule has 1 aromatic rings. The van der Waals surface area contributed by atoms with Gasteiger partial charge in [-0.2, -0.15) is 13.2 Å². The molecule has 1 aliphatic carbocycles. The number of carbonyl (C=O) groups is 1. The molecule has 3 unspecified atom stereocenters. The first-order valence-electron chi connectivity index (χ1n) is 7.98. The second kappa shape index (κ2) is 5.65. The van der Waals surface area contributed by atoms with Gasteiger partial charge in [-0.3, -0.25) is 4.79 Å². The van der Waals surface area contributed by atoms with Gasteiger partial charge in [0.1, 0.15) is 0 Å². The van der Waals surface area contributed by atoms with E-state index < -0.39 is 17.8 Å². The molecule has 1 aromatic heterocycles. The maximum absolute atomic E-state index is 12.5. The lowest BCUT2D eigenvalue weighted by atomic mass is 9.82. The second-order valence-electron chi connectivity index (χ2n) is 7.55. The minimum Gasteiger partial charge on any atom is -0.446 e. The van der Waals surface area contributed by atoms with Crippen LogP contribution in [0.2, 0.25) is 0 Å². The van der Waals surface area contributed by atoms with Gasteiger partial charge in [-0.1, -0.05) is 32.4 Å². The predicted octanol–water partition coefficient (Wildman–Crippen LogP) is 3.36. The molecular weight excluding hydrogens is 321 g/mol. The van der Waals surface area contributed by atoms with Gasteiger partial charge in [-0.15, -0.1) is 0 Å². The van der Waals surface area contributed by atoms with Crippen molar-refractivity contribution in [2.24, 2.45) is 11.3 Å². The van der Waals surface area contributed by atoms with Crippen molar-refractivity contribution < 1.29 is 22.4 Å². The van der Waals surface area contributed by atoms with Crippen LogP contribution in [0.3, 0.4) is 0 Å². The zero-order chi connectivity index (χ0) is 17.7. The molecule has 0 aromatic carbocycles. The Hall–Kier alpha value is -1.76. The first kappa shape index (κ1) is 17.1. The van der Waals surface area contributed by atoms with E-state index in [-0.39, 0.29) is 23.3 Å². The van der Waals surface area contributed by atoms with Crippen LogP contribution in [0.15, 0.2) is 28.2 Å². The largest absolute Gasteiger partial charge is 0.449 e. The standard InChI is InChI=1S/C17H21F3N2O2/c1-16(2,3)14-11-7-10(6-9(11)8-21-14)22-15(23)12-4-5-13(24-12)17(18,19)20/h4-5,7,9-10,14,21H,6,8H2,1-3H3,(H,22,23). The summed E-state index contributed by atoms with van der Waals surface area (Å²) in [6, 6.07) is 1.91. The summed E-state index contributed by atoms with van der Waals surface area (Å²) in [5, 5.41) is 6.26. The Morgan fingerprint density at radius 3 is 2.58 bits per heavy atom. The highest BCUT2D eigenvalue weighted by atomic mass is 19.4. The smallest absolute Gasteiger partial charge is 0.446 e. The Morgan fingerprint density at radius 2 is 2.00 bits per heavy atom. The van der Waals surface area contributed by atoms with Gasteiger partial charge >= 0.3 is 6.18 Å². The molecule has 2 aliphatic rings. The second-order valence-corrected chi connectivity index (χ2v) is 7.55. The van der Waals surface area contributed by atoms with Crippen LogP contribution in [0.25, 0.3) is 0 Å². The molecule has 3 rings (SSSR count). The maximum atomic E-state index is 12.5. The molecule has 0 radical (unpaired) electrons. The highest BCUT2D eigenvalue weighted by Crippen LogP contribution is 2.39. The summed E-state index contributed by atoms with van der Waals surface area (Å²) in [6.07, 6.45) is -1.80. The number of furan rings is 1. The Bertz CT molecular complexity index is 670. The lowest BCUT2D eigenvalue weighted by molar-refractivity contribution is -0.153. The van der Waals surface area contributed by atoms with Crippen molar-refractivity contribution in [2.45, 2.75) is 45.5 Å². The quantitative estimate of drug-likeness (QED) is 0.811. The van der Waals surface area contributed by atoms with Gasteiger partial charge in [-0.05, 0) is 29.9 Å². The number of hydrogen-bond acceptors (Lipinski definition) is 3. The molecule has 4 nitrogen and oxygen atoms in total. The number of hydrogen-bond donors (Lipinski definition) is 2. The maximum Gasteiger partial charge on any atom is 0.449 e. The summed E-state index contributed by atoms with van der Waals surface area (Å²) in [4.78, 5) is 12.1. The third-order valence-electron chi connectivity index (χ3n) is 4.60. The SMILES string of the molecule is CC(C)(C)C1NCC2CC(NC(=O)c3ccc(C(F)(F)F)o3)C=C21. The Kier molecular flexibility index (Phi) is 4.02. The van der Waals surface area contributed by atoms with Crippen molar-refractivity contribution in [3.63, 3.8) is 0 Å². The molecule has 1 aliphatic heterocycles. The molecule has 1 amide bonds. The molecule has 1 saturated heterocycles. The fourth-order valence-corrected chi connectivity index (χ4v) is 3.55. The molecule has 1 fully saturated rings. The number of carbonyl (C=O) groups excluding carboxylic acids is 1. The Labute approximate surface area is 138 Å². The van der Waals surface area contributed by atoms with Crippen molar-refractivity contribution in [1.82, 2.24) is 10.6 Å². The topological polar surface area (TPSA) is 54.3 Å². The number of rotatable bonds is 2. The van der Waals surface area contributed by atoms with Crippen molar-refractivity contribution in [3.8, 4) is 0 Å². The third kappa shape index (κ3) is 3.22. The Balaban J connectivity index is 1.68. The van der Waals surface area contributed by atoms with Crippen LogP contribution in [-0.2, 0) is 6.18 Å². The van der Waals surface area contributed by atoms with E-state index in [2.05, 4.69) is 35.8 Å². The van der Waals surface area contributed by atoms with Crippen molar-refractivity contribution in [2.75, 3.05) is 6.54 Å². The molecule has 24 heavy (non-hydrogen) atoms. The minimum atomic E-state index is -4.59. The normalized spacial score (nSPS) is 27.1. The lowest BCUT2D eigenvalue weighted by Crippen LogP contribution is -2.37. The van der Waals surface area contributed by atoms with E-state index in [4.69, 9.17) is 0 Å². The van der Waals surface area contributed by atoms with Gasteiger partial charge in [0.15, 0.2) is 5.76 Å². The van der Waals surface area contributed by atoms with Crippen LogP contribution < -0.4 is 10.6 Å². The number of halogens is 3. The fraction of sp³-hybridized carbons (Fsp3) is 0.588. The van der Waals surface area contributed by atoms with Crippen molar-refractivity contribution in [1.29, 1.82) is 0 Å². The van der Waals surface area contributed by atoms with Crippen molar-refractivity contribution >= 4 is 5.91 Å². The molecular formula is C17H21F3N2O2. The van der Waals surface area contributed by atoms with E-state index in [0.717, 1.165) is 25.1 Å². The lowest BCUT2D eigenvalue weighted by Gasteiger charge is -2.28. The van der Waals surface area contributed by atoms with E-state index in [0.29, 0.717) is 5.92 Å². The first-order valence-corrected chi connectivity index (χ1v) is 7.98. The molecule has 7 heteroatoms. The van der Waals surface area contributed by atoms with Crippen LogP contribution in [0.4, 0.5) is 13.2 Å². The fourth-order valence-electron chi connectivity index (χ4n) is 3.55. The summed E-state index contributed by atoms with van der Waals surface area (Å²) in [6.45, 7) is 7.32. The number of amides is 1. The van der Waals surface area contributed by atoms with Crippen LogP contribution in [0.5, 0.6) is 0 Å². The zero-order valence-corrected chi connectivity index (χ0v) is 13.8. The van der Waals surface area contributed by atoms with E-state index in [1.165, 1.54) is 5.57 Å². The predicted molar refractivity (Wildman–Crippen MR) is 82.4 cm³/mol. The Morgan fingerprint density at radius 1 is 1.29 bits per heavy atom. The van der Waals surface area contributed by atoms with Crippen LogP contribution in [0, 0.1) is 11.3 Å². The molecule has 2 N–H and O–H groups in total. The van der Waals surface area contributed by atoms with Crippen LogP contribution in [-0.4, -0.2) is 24.5 Å². The number of nitrogens with one attached hydrogen (secondary N) is 2. The van der Waals surface area contributed by atoms with E-state index in [9.17, 15) is 18.0 Å². The van der Waals surface area contributed by atoms with Gasteiger partial charge in [0.05, 0.1) is 0 Å². The van der Waals surface area contributed by atoms with Crippen molar-refractivity contribution in [3.05, 3.63) is 35.3 Å². The molecule has 3 atom stereocenters. The number of fused-ring (bicyclic) bond motifs is 1. The first-order chi connectivity index (χ1) is 11.1. The van der Waals surface area contributed by atoms with E-state index in [1.807, 2.05) is 6.08 Å². The summed E-state index contributed by atoms with van der Waals surface area (Å²) < 4.78 is 42.2. The number of alkyl halides is 3. The molecule has 0 bridgehead atoms.